The third kappa shape index (κ3) is 2.55. The molecule has 0 aliphatic rings. The summed E-state index contributed by atoms with van der Waals surface area (Å²) in [6, 6.07) is 1.84. The largest absolute Gasteiger partial charge is 0.466 e. The monoisotopic (exact) mass is 235 g/mol. The van der Waals surface area contributed by atoms with Crippen molar-refractivity contribution >= 4 is 0 Å². The van der Waals surface area contributed by atoms with Gasteiger partial charge in [-0.15, -0.1) is 0 Å². The third-order valence-corrected chi connectivity index (χ3v) is 2.71. The van der Waals surface area contributed by atoms with E-state index in [-0.39, 0.29) is 0 Å². The van der Waals surface area contributed by atoms with Crippen LogP contribution < -0.4 is 0 Å². The summed E-state index contributed by atoms with van der Waals surface area (Å²) < 4.78 is 7.09. The smallest absolute Gasteiger partial charge is 0.138 e. The number of rotatable bonds is 5. The van der Waals surface area contributed by atoms with Crippen molar-refractivity contribution in [2.24, 2.45) is 0 Å². The van der Waals surface area contributed by atoms with Crippen LogP contribution in [-0.4, -0.2) is 19.9 Å². The van der Waals surface area contributed by atoms with Gasteiger partial charge in [0, 0.05) is 13.0 Å². The van der Waals surface area contributed by atoms with E-state index in [4.69, 9.17) is 4.42 Å². The molecule has 0 saturated heterocycles. The van der Waals surface area contributed by atoms with E-state index in [1.807, 2.05) is 17.7 Å². The molecule has 0 fully saturated rings. The molecule has 92 valence electrons. The highest BCUT2D eigenvalue weighted by atomic mass is 16.4. The minimum absolute atomic E-state index is 0.425. The molecule has 2 heterocycles. The molecule has 2 rings (SSSR count). The summed E-state index contributed by atoms with van der Waals surface area (Å²) >= 11 is 0. The van der Waals surface area contributed by atoms with Gasteiger partial charge in [0.25, 0.3) is 0 Å². The topological polar surface area (TPSA) is 64.1 Å². The second kappa shape index (κ2) is 5.14. The van der Waals surface area contributed by atoms with E-state index in [0.29, 0.717) is 12.2 Å². The van der Waals surface area contributed by atoms with Gasteiger partial charge >= 0.3 is 0 Å². The maximum absolute atomic E-state index is 10.1. The number of aromatic nitrogens is 3. The second-order valence-corrected chi connectivity index (χ2v) is 4.09. The molecule has 1 atom stereocenters. The summed E-state index contributed by atoms with van der Waals surface area (Å²) in [7, 11) is 0. The van der Waals surface area contributed by atoms with Crippen LogP contribution >= 0.6 is 0 Å². The Morgan fingerprint density at radius 2 is 2.35 bits per heavy atom. The molecule has 1 N–H and O–H groups in total. The standard InChI is InChI=1S/C12H17N3O2/c1-3-5-15-11(13-8-14-15)7-10(16)12-9(2)4-6-17-12/h4,6,8,10,16H,3,5,7H2,1-2H3. The Hall–Kier alpha value is -1.62. The molecule has 5 heteroatoms. The molecule has 17 heavy (non-hydrogen) atoms. The molecule has 0 radical (unpaired) electrons. The molecule has 2 aromatic rings. The van der Waals surface area contributed by atoms with Gasteiger partial charge in [-0.1, -0.05) is 6.92 Å². The number of aryl methyl sites for hydroxylation is 2. The fraction of sp³-hybridized carbons (Fsp3) is 0.500. The van der Waals surface area contributed by atoms with Gasteiger partial charge in [-0.05, 0) is 25.0 Å². The Kier molecular flexibility index (Phi) is 3.58. The molecule has 2 aromatic heterocycles. The highest BCUT2D eigenvalue weighted by Crippen LogP contribution is 2.21. The number of aliphatic hydroxyl groups excluding tert-OH is 1. The maximum atomic E-state index is 10.1. The van der Waals surface area contributed by atoms with Gasteiger partial charge in [-0.25, -0.2) is 4.98 Å². The van der Waals surface area contributed by atoms with Gasteiger partial charge in [0.05, 0.1) is 6.26 Å². The summed E-state index contributed by atoms with van der Waals surface area (Å²) in [6.07, 6.45) is 3.86. The van der Waals surface area contributed by atoms with Gasteiger partial charge < -0.3 is 9.52 Å². The lowest BCUT2D eigenvalue weighted by atomic mass is 10.1. The number of nitrogens with zero attached hydrogens (tertiary/aromatic N) is 3. The summed E-state index contributed by atoms with van der Waals surface area (Å²) in [4.78, 5) is 4.16. The van der Waals surface area contributed by atoms with E-state index in [9.17, 15) is 5.11 Å². The van der Waals surface area contributed by atoms with E-state index >= 15 is 0 Å². The third-order valence-electron chi connectivity index (χ3n) is 2.71. The highest BCUT2D eigenvalue weighted by Gasteiger charge is 2.17. The van der Waals surface area contributed by atoms with Crippen LogP contribution in [0.3, 0.4) is 0 Å². The lowest BCUT2D eigenvalue weighted by Crippen LogP contribution is -2.10. The summed E-state index contributed by atoms with van der Waals surface area (Å²) in [5, 5.41) is 14.2. The first-order chi connectivity index (χ1) is 8.22. The van der Waals surface area contributed by atoms with Gasteiger partial charge in [0.15, 0.2) is 0 Å². The van der Waals surface area contributed by atoms with Gasteiger partial charge in [0.1, 0.15) is 24.0 Å². The van der Waals surface area contributed by atoms with Crippen molar-refractivity contribution in [3.63, 3.8) is 0 Å². The van der Waals surface area contributed by atoms with Crippen LogP contribution in [0.5, 0.6) is 0 Å². The maximum Gasteiger partial charge on any atom is 0.138 e. The summed E-state index contributed by atoms with van der Waals surface area (Å²) in [5.74, 6) is 1.39. The molecule has 0 spiro atoms. The molecule has 0 amide bonds. The van der Waals surface area contributed by atoms with Crippen molar-refractivity contribution in [1.29, 1.82) is 0 Å². The first kappa shape index (κ1) is 11.9. The molecule has 0 bridgehead atoms. The Morgan fingerprint density at radius 3 is 3.00 bits per heavy atom. The minimum Gasteiger partial charge on any atom is -0.466 e. The van der Waals surface area contributed by atoms with E-state index < -0.39 is 6.10 Å². The van der Waals surface area contributed by atoms with Crippen LogP contribution in [0.25, 0.3) is 0 Å². The van der Waals surface area contributed by atoms with Crippen molar-refractivity contribution in [2.45, 2.75) is 39.3 Å². The number of hydrogen-bond acceptors (Lipinski definition) is 4. The quantitative estimate of drug-likeness (QED) is 0.859. The fourth-order valence-corrected chi connectivity index (χ4v) is 1.84. The van der Waals surface area contributed by atoms with Gasteiger partial charge in [-0.2, -0.15) is 5.10 Å². The zero-order valence-corrected chi connectivity index (χ0v) is 10.1. The van der Waals surface area contributed by atoms with E-state index in [1.54, 1.807) is 6.26 Å². The SMILES string of the molecule is CCCn1ncnc1CC(O)c1occc1C. The molecular formula is C12H17N3O2. The van der Waals surface area contributed by atoms with Crippen molar-refractivity contribution in [1.82, 2.24) is 14.8 Å². The first-order valence-electron chi connectivity index (χ1n) is 5.81. The zero-order chi connectivity index (χ0) is 12.3. The molecule has 0 aliphatic carbocycles. The summed E-state index contributed by atoms with van der Waals surface area (Å²) in [5.41, 5.74) is 0.957. The molecule has 0 aromatic carbocycles. The summed E-state index contributed by atoms with van der Waals surface area (Å²) in [6.45, 7) is 4.82. The molecule has 1 unspecified atom stereocenters. The fourth-order valence-electron chi connectivity index (χ4n) is 1.84. The molecule has 5 nitrogen and oxygen atoms in total. The van der Waals surface area contributed by atoms with Gasteiger partial charge in [0.2, 0.25) is 0 Å². The predicted octanol–water partition coefficient (Wildman–Crippen LogP) is 1.87. The zero-order valence-electron chi connectivity index (χ0n) is 10.1. The van der Waals surface area contributed by atoms with Crippen molar-refractivity contribution < 1.29 is 9.52 Å². The van der Waals surface area contributed by atoms with Gasteiger partial charge in [-0.3, -0.25) is 4.68 Å². The van der Waals surface area contributed by atoms with Crippen LogP contribution in [-0.2, 0) is 13.0 Å². The van der Waals surface area contributed by atoms with Crippen LogP contribution in [0.2, 0.25) is 0 Å². The minimum atomic E-state index is -0.662. The van der Waals surface area contributed by atoms with Crippen LogP contribution in [0, 0.1) is 6.92 Å². The van der Waals surface area contributed by atoms with Crippen LogP contribution in [0.15, 0.2) is 23.1 Å². The normalized spacial score (nSPS) is 12.9. The number of aliphatic hydroxyl groups is 1. The van der Waals surface area contributed by atoms with E-state index in [1.165, 1.54) is 6.33 Å². The first-order valence-corrected chi connectivity index (χ1v) is 5.81. The van der Waals surface area contributed by atoms with Crippen LogP contribution in [0.4, 0.5) is 0 Å². The predicted molar refractivity (Wildman–Crippen MR) is 62.4 cm³/mol. The number of hydrogen-bond donors (Lipinski definition) is 1. The Bertz CT molecular complexity index is 476. The number of furan rings is 1. The molecule has 0 saturated carbocycles. The van der Waals surface area contributed by atoms with Crippen LogP contribution in [0.1, 0.15) is 36.6 Å². The Morgan fingerprint density at radius 1 is 1.53 bits per heavy atom. The van der Waals surface area contributed by atoms with Crippen molar-refractivity contribution in [3.8, 4) is 0 Å². The molecular weight excluding hydrogens is 218 g/mol. The van der Waals surface area contributed by atoms with Crippen molar-refractivity contribution in [2.75, 3.05) is 0 Å². The van der Waals surface area contributed by atoms with E-state index in [2.05, 4.69) is 17.0 Å². The Balaban J connectivity index is 2.10. The van der Waals surface area contributed by atoms with Crippen molar-refractivity contribution in [3.05, 3.63) is 35.8 Å². The highest BCUT2D eigenvalue weighted by molar-refractivity contribution is 5.17. The van der Waals surface area contributed by atoms with E-state index in [0.717, 1.165) is 24.4 Å². The lowest BCUT2D eigenvalue weighted by Gasteiger charge is -2.09. The second-order valence-electron chi connectivity index (χ2n) is 4.09. The molecule has 0 aliphatic heterocycles. The average Bonchev–Trinajstić information content (AvgIpc) is 2.89. The lowest BCUT2D eigenvalue weighted by molar-refractivity contribution is 0.145. The average molecular weight is 235 g/mol. The Labute approximate surface area is 100 Å².